The van der Waals surface area contributed by atoms with Gasteiger partial charge in [-0.2, -0.15) is 0 Å². The third-order valence-electron chi connectivity index (χ3n) is 7.14. The molecule has 0 bridgehead atoms. The summed E-state index contributed by atoms with van der Waals surface area (Å²) >= 11 is 6.12. The molecule has 5 rings (SSSR count). The molecule has 0 radical (unpaired) electrons. The van der Waals surface area contributed by atoms with Crippen LogP contribution in [0.5, 0.6) is 11.5 Å². The van der Waals surface area contributed by atoms with Gasteiger partial charge < -0.3 is 14.4 Å². The normalized spacial score (nSPS) is 23.6. The van der Waals surface area contributed by atoms with Gasteiger partial charge in [0.05, 0.1) is 12.7 Å². The van der Waals surface area contributed by atoms with Crippen molar-refractivity contribution in [2.45, 2.75) is 58.0 Å². The van der Waals surface area contributed by atoms with Gasteiger partial charge in [0.15, 0.2) is 6.35 Å². The summed E-state index contributed by atoms with van der Waals surface area (Å²) in [6.45, 7) is 6.63. The zero-order chi connectivity index (χ0) is 25.4. The Balaban J connectivity index is 1.31. The molecule has 1 heterocycles. The third-order valence-corrected chi connectivity index (χ3v) is 8.97. The van der Waals surface area contributed by atoms with E-state index in [0.29, 0.717) is 29.5 Å². The standard InChI is InChI=1S/C29H32ClO5P/c1-18(2)26-16-20(8-10-27(26)31)25-9-7-22-15-24(13-19(3)29(22)25)33-17-36(32)34-12-11-28(35-36)21-5-4-6-23(30)14-21/h4-6,8,10,13-16,18,25,28,31H,7,9,11-12,17H2,1-3H3. The van der Waals surface area contributed by atoms with E-state index >= 15 is 0 Å². The van der Waals surface area contributed by atoms with E-state index in [9.17, 15) is 9.67 Å². The minimum Gasteiger partial charge on any atom is -0.508 e. The molecular formula is C29H32ClO5P. The molecule has 5 nitrogen and oxygen atoms in total. The predicted molar refractivity (Wildman–Crippen MR) is 142 cm³/mol. The highest BCUT2D eigenvalue weighted by Crippen LogP contribution is 2.56. The van der Waals surface area contributed by atoms with Crippen LogP contribution in [0.25, 0.3) is 0 Å². The number of hydrogen-bond donors (Lipinski definition) is 1. The van der Waals surface area contributed by atoms with Gasteiger partial charge in [0.25, 0.3) is 0 Å². The molecule has 3 atom stereocenters. The molecule has 0 spiro atoms. The quantitative estimate of drug-likeness (QED) is 0.327. The molecule has 2 aliphatic rings. The molecule has 1 N–H and O–H groups in total. The number of hydrogen-bond acceptors (Lipinski definition) is 5. The van der Waals surface area contributed by atoms with Crippen molar-refractivity contribution in [1.29, 1.82) is 0 Å². The van der Waals surface area contributed by atoms with E-state index in [1.165, 1.54) is 16.7 Å². The topological polar surface area (TPSA) is 65.0 Å². The van der Waals surface area contributed by atoms with Crippen molar-refractivity contribution >= 4 is 19.2 Å². The van der Waals surface area contributed by atoms with E-state index < -0.39 is 7.60 Å². The van der Waals surface area contributed by atoms with Gasteiger partial charge in [-0.25, -0.2) is 0 Å². The Hall–Kier alpha value is -2.30. The summed E-state index contributed by atoms with van der Waals surface area (Å²) < 4.78 is 30.8. The molecular weight excluding hydrogens is 495 g/mol. The number of fused-ring (bicyclic) bond motifs is 1. The van der Waals surface area contributed by atoms with Crippen molar-refractivity contribution in [3.8, 4) is 11.5 Å². The van der Waals surface area contributed by atoms with Crippen LogP contribution in [-0.2, 0) is 20.0 Å². The van der Waals surface area contributed by atoms with Crippen molar-refractivity contribution in [2.24, 2.45) is 0 Å². The second-order valence-electron chi connectivity index (χ2n) is 10.0. The summed E-state index contributed by atoms with van der Waals surface area (Å²) in [5.41, 5.74) is 6.81. The lowest BCUT2D eigenvalue weighted by atomic mass is 9.87. The van der Waals surface area contributed by atoms with Crippen LogP contribution in [0.3, 0.4) is 0 Å². The Morgan fingerprint density at radius 2 is 1.94 bits per heavy atom. The van der Waals surface area contributed by atoms with Gasteiger partial charge in [0.2, 0.25) is 0 Å². The monoisotopic (exact) mass is 526 g/mol. The Morgan fingerprint density at radius 3 is 2.72 bits per heavy atom. The lowest BCUT2D eigenvalue weighted by Crippen LogP contribution is -2.17. The molecule has 1 fully saturated rings. The summed E-state index contributed by atoms with van der Waals surface area (Å²) in [6.07, 6.45) is 2.09. The fourth-order valence-electron chi connectivity index (χ4n) is 5.39. The van der Waals surface area contributed by atoms with E-state index in [0.717, 1.165) is 29.5 Å². The first-order chi connectivity index (χ1) is 17.2. The van der Waals surface area contributed by atoms with Crippen molar-refractivity contribution in [1.82, 2.24) is 0 Å². The van der Waals surface area contributed by atoms with E-state index in [1.807, 2.05) is 36.4 Å². The largest absolute Gasteiger partial charge is 0.508 e. The minimum absolute atomic E-state index is 0.137. The number of ether oxygens (including phenoxy) is 1. The van der Waals surface area contributed by atoms with Crippen LogP contribution in [0.15, 0.2) is 54.6 Å². The summed E-state index contributed by atoms with van der Waals surface area (Å²) in [4.78, 5) is 0. The number of rotatable bonds is 6. The summed E-state index contributed by atoms with van der Waals surface area (Å²) in [6, 6.07) is 17.5. The van der Waals surface area contributed by atoms with Gasteiger partial charge in [-0.1, -0.05) is 49.7 Å². The molecule has 190 valence electrons. The SMILES string of the molecule is Cc1cc(OCP2(=O)OCCC(c3cccc(Cl)c3)O2)cc2c1C(c1ccc(O)c(C(C)C)c1)CC2. The predicted octanol–water partition coefficient (Wildman–Crippen LogP) is 8.26. The number of aromatic hydroxyl groups is 1. The summed E-state index contributed by atoms with van der Waals surface area (Å²) in [5, 5.41) is 10.9. The van der Waals surface area contributed by atoms with Crippen LogP contribution in [0, 0.1) is 6.92 Å². The van der Waals surface area contributed by atoms with Crippen LogP contribution < -0.4 is 4.74 Å². The minimum atomic E-state index is -3.42. The second-order valence-corrected chi connectivity index (χ2v) is 12.4. The molecule has 1 aliphatic carbocycles. The van der Waals surface area contributed by atoms with Crippen molar-refractivity contribution in [3.63, 3.8) is 0 Å². The van der Waals surface area contributed by atoms with Gasteiger partial charge >= 0.3 is 7.60 Å². The Labute approximate surface area is 217 Å². The van der Waals surface area contributed by atoms with Crippen molar-refractivity contribution < 1.29 is 23.5 Å². The van der Waals surface area contributed by atoms with Gasteiger partial charge in [-0.3, -0.25) is 9.09 Å². The molecule has 3 unspecified atom stereocenters. The lowest BCUT2D eigenvalue weighted by molar-refractivity contribution is 0.0725. The first-order valence-electron chi connectivity index (χ1n) is 12.5. The molecule has 0 aromatic heterocycles. The van der Waals surface area contributed by atoms with Crippen molar-refractivity contribution in [2.75, 3.05) is 13.0 Å². The van der Waals surface area contributed by atoms with E-state index in [-0.39, 0.29) is 24.3 Å². The molecule has 7 heteroatoms. The highest BCUT2D eigenvalue weighted by Gasteiger charge is 2.36. The van der Waals surface area contributed by atoms with E-state index in [4.69, 9.17) is 25.4 Å². The van der Waals surface area contributed by atoms with Gasteiger partial charge in [-0.15, -0.1) is 0 Å². The maximum atomic E-state index is 13.3. The number of halogens is 1. The highest BCUT2D eigenvalue weighted by molar-refractivity contribution is 7.53. The van der Waals surface area contributed by atoms with Crippen LogP contribution in [-0.4, -0.2) is 18.1 Å². The van der Waals surface area contributed by atoms with Crippen LogP contribution >= 0.6 is 19.2 Å². The first kappa shape index (κ1) is 25.4. The maximum Gasteiger partial charge on any atom is 0.368 e. The summed E-state index contributed by atoms with van der Waals surface area (Å²) in [5.74, 6) is 1.57. The Bertz CT molecular complexity index is 1320. The molecule has 3 aromatic carbocycles. The molecule has 0 saturated carbocycles. The number of aryl methyl sites for hydroxylation is 2. The fourth-order valence-corrected chi connectivity index (χ4v) is 7.09. The maximum absolute atomic E-state index is 13.3. The molecule has 0 amide bonds. The van der Waals surface area contributed by atoms with Crippen LogP contribution in [0.2, 0.25) is 5.02 Å². The lowest BCUT2D eigenvalue weighted by Gasteiger charge is -2.30. The number of phenols is 1. The third kappa shape index (κ3) is 5.21. The zero-order valence-electron chi connectivity index (χ0n) is 20.9. The number of phenolic OH excluding ortho intramolecular Hbond substituents is 1. The van der Waals surface area contributed by atoms with Crippen LogP contribution in [0.4, 0.5) is 0 Å². The Kier molecular flexibility index (Phi) is 7.20. The van der Waals surface area contributed by atoms with Crippen molar-refractivity contribution in [3.05, 3.63) is 93.0 Å². The molecule has 36 heavy (non-hydrogen) atoms. The summed E-state index contributed by atoms with van der Waals surface area (Å²) in [7, 11) is -3.42. The van der Waals surface area contributed by atoms with E-state index in [2.05, 4.69) is 32.9 Å². The zero-order valence-corrected chi connectivity index (χ0v) is 22.5. The van der Waals surface area contributed by atoms with E-state index in [1.54, 1.807) is 6.07 Å². The molecule has 1 saturated heterocycles. The highest BCUT2D eigenvalue weighted by atomic mass is 35.5. The van der Waals surface area contributed by atoms with Crippen LogP contribution in [0.1, 0.15) is 78.0 Å². The van der Waals surface area contributed by atoms with Gasteiger partial charge in [0, 0.05) is 17.4 Å². The smallest absolute Gasteiger partial charge is 0.368 e. The molecule has 1 aliphatic heterocycles. The Morgan fingerprint density at radius 1 is 1.11 bits per heavy atom. The van der Waals surface area contributed by atoms with Gasteiger partial charge in [0.1, 0.15) is 11.5 Å². The fraction of sp³-hybridized carbons (Fsp3) is 0.379. The number of benzene rings is 3. The van der Waals surface area contributed by atoms with Gasteiger partial charge in [-0.05, 0) is 89.4 Å². The first-order valence-corrected chi connectivity index (χ1v) is 14.6. The molecule has 3 aromatic rings. The average Bonchev–Trinajstić information content (AvgIpc) is 3.28. The second kappa shape index (κ2) is 10.2. The average molecular weight is 527 g/mol.